The number of hydrogen-bond acceptors (Lipinski definition) is 4. The van der Waals surface area contributed by atoms with Gasteiger partial charge in [0.15, 0.2) is 0 Å². The fraction of sp³-hybridized carbons (Fsp3) is 0.667. The minimum absolute atomic E-state index is 0.0333. The average Bonchev–Trinajstić information content (AvgIpc) is 2.90. The van der Waals surface area contributed by atoms with Gasteiger partial charge in [0.05, 0.1) is 22.6 Å². The van der Waals surface area contributed by atoms with Crippen molar-refractivity contribution in [1.29, 1.82) is 0 Å². The second-order valence-electron chi connectivity index (χ2n) is 14.4. The summed E-state index contributed by atoms with van der Waals surface area (Å²) in [7, 11) is 0. The number of hydrogen-bond donors (Lipinski definition) is 0. The maximum atomic E-state index is 11.0. The first-order chi connectivity index (χ1) is 18.6. The molecule has 0 heterocycles. The van der Waals surface area contributed by atoms with E-state index in [1.807, 2.05) is 13.8 Å². The summed E-state index contributed by atoms with van der Waals surface area (Å²) in [5.74, 6) is 1.32. The molecule has 0 bridgehead atoms. The van der Waals surface area contributed by atoms with Gasteiger partial charge in [-0.15, -0.1) is 0 Å². The second kappa shape index (κ2) is 11.8. The summed E-state index contributed by atoms with van der Waals surface area (Å²) in [5.41, 5.74) is 2.46. The summed E-state index contributed by atoms with van der Waals surface area (Å²) >= 11 is 0. The van der Waals surface area contributed by atoms with E-state index >= 15 is 0 Å². The van der Waals surface area contributed by atoms with Crippen LogP contribution in [0.4, 0.5) is 0 Å². The topological polar surface area (TPSA) is 54.1 Å². The maximum absolute atomic E-state index is 11.0. The Balaban J connectivity index is 1.90. The highest BCUT2D eigenvalue weighted by Crippen LogP contribution is 2.60. The third-order valence-corrected chi connectivity index (χ3v) is 10.7. The van der Waals surface area contributed by atoms with Crippen LogP contribution in [-0.4, -0.2) is 23.2 Å². The summed E-state index contributed by atoms with van der Waals surface area (Å²) in [6, 6.07) is 12.2. The van der Waals surface area contributed by atoms with Crippen molar-refractivity contribution in [2.45, 2.75) is 130 Å². The van der Waals surface area contributed by atoms with Crippen LogP contribution in [0.2, 0.25) is 0 Å². The van der Waals surface area contributed by atoms with Crippen molar-refractivity contribution in [3.05, 3.63) is 59.2 Å². The molecule has 5 atom stereocenters. The van der Waals surface area contributed by atoms with E-state index in [0.717, 1.165) is 18.4 Å². The van der Waals surface area contributed by atoms with Crippen LogP contribution < -0.4 is 0 Å². The van der Waals surface area contributed by atoms with E-state index in [0.29, 0.717) is 17.8 Å². The van der Waals surface area contributed by atoms with Crippen molar-refractivity contribution in [3.8, 4) is 0 Å². The highest BCUT2D eigenvalue weighted by atomic mass is 16.1. The standard InChI is InChI=1S/C36H53N3O/c1-12-15-27(13-2)32(4,5)28-16-14-17-29(22-28)33(6,7)37-24-38-36(11)21-20-35(36,10)31-23-30(19-18-26(31)3)34(8,9)39-25-40/h14,16-19,22-23,26-27,31H,12-13,15,20-21H2,1-11H3. The first-order valence-electron chi connectivity index (χ1n) is 15.4. The van der Waals surface area contributed by atoms with Gasteiger partial charge in [0.1, 0.15) is 0 Å². The molecule has 2 aliphatic carbocycles. The molecule has 0 spiro atoms. The summed E-state index contributed by atoms with van der Waals surface area (Å²) in [5, 5.41) is 0. The third-order valence-electron chi connectivity index (χ3n) is 10.7. The van der Waals surface area contributed by atoms with Crippen LogP contribution in [0, 0.1) is 23.2 Å². The lowest BCUT2D eigenvalue weighted by Crippen LogP contribution is -2.57. The third kappa shape index (κ3) is 6.05. The van der Waals surface area contributed by atoms with E-state index in [2.05, 4.69) is 116 Å². The number of rotatable bonds is 11. The van der Waals surface area contributed by atoms with Gasteiger partial charge in [0, 0.05) is 5.41 Å². The zero-order chi connectivity index (χ0) is 30.0. The number of benzene rings is 1. The molecular weight excluding hydrogens is 490 g/mol. The van der Waals surface area contributed by atoms with Gasteiger partial charge in [-0.25, -0.2) is 14.8 Å². The predicted molar refractivity (Wildman–Crippen MR) is 169 cm³/mol. The molecule has 0 saturated heterocycles. The molecule has 1 aromatic rings. The number of isocyanates is 1. The highest BCUT2D eigenvalue weighted by Gasteiger charge is 2.58. The van der Waals surface area contributed by atoms with Gasteiger partial charge in [-0.1, -0.05) is 96.9 Å². The van der Waals surface area contributed by atoms with Gasteiger partial charge in [0.2, 0.25) is 6.08 Å². The summed E-state index contributed by atoms with van der Waals surface area (Å²) in [4.78, 5) is 25.1. The van der Waals surface area contributed by atoms with Gasteiger partial charge in [-0.05, 0) is 93.7 Å². The Labute approximate surface area is 244 Å². The Morgan fingerprint density at radius 2 is 1.68 bits per heavy atom. The van der Waals surface area contributed by atoms with Crippen LogP contribution in [0.15, 0.2) is 63.0 Å². The predicted octanol–water partition coefficient (Wildman–Crippen LogP) is 9.62. The van der Waals surface area contributed by atoms with Gasteiger partial charge in [-0.2, -0.15) is 4.99 Å². The minimum atomic E-state index is -0.585. The molecule has 1 aromatic carbocycles. The molecule has 3 rings (SSSR count). The Hall–Kier alpha value is -2.54. The molecule has 0 radical (unpaired) electrons. The second-order valence-corrected chi connectivity index (χ2v) is 14.4. The lowest BCUT2D eigenvalue weighted by atomic mass is 9.48. The van der Waals surface area contributed by atoms with Crippen LogP contribution >= 0.6 is 0 Å². The first-order valence-corrected chi connectivity index (χ1v) is 15.4. The van der Waals surface area contributed by atoms with Gasteiger partial charge in [0.25, 0.3) is 0 Å². The van der Waals surface area contributed by atoms with Crippen molar-refractivity contribution in [3.63, 3.8) is 0 Å². The lowest BCUT2D eigenvalue weighted by Gasteiger charge is -2.58. The smallest absolute Gasteiger partial charge is 0.219 e. The van der Waals surface area contributed by atoms with Crippen LogP contribution in [0.1, 0.15) is 119 Å². The molecule has 1 fully saturated rings. The zero-order valence-corrected chi connectivity index (χ0v) is 27.1. The molecule has 40 heavy (non-hydrogen) atoms. The largest absolute Gasteiger partial charge is 0.235 e. The normalized spacial score (nSPS) is 27.5. The van der Waals surface area contributed by atoms with Gasteiger partial charge >= 0.3 is 0 Å². The minimum Gasteiger partial charge on any atom is -0.219 e. The Morgan fingerprint density at radius 3 is 2.25 bits per heavy atom. The molecule has 0 N–H and O–H groups in total. The van der Waals surface area contributed by atoms with Crippen LogP contribution in [-0.2, 0) is 15.7 Å². The number of nitrogens with zero attached hydrogens (tertiary/aromatic N) is 3. The van der Waals surface area contributed by atoms with E-state index < -0.39 is 11.1 Å². The average molecular weight is 544 g/mol. The van der Waals surface area contributed by atoms with Gasteiger partial charge in [-0.3, -0.25) is 0 Å². The van der Waals surface area contributed by atoms with E-state index in [4.69, 9.17) is 9.98 Å². The van der Waals surface area contributed by atoms with Gasteiger partial charge < -0.3 is 0 Å². The molecule has 1 saturated carbocycles. The van der Waals surface area contributed by atoms with Crippen LogP contribution in [0.3, 0.4) is 0 Å². The van der Waals surface area contributed by atoms with Crippen LogP contribution in [0.25, 0.3) is 0 Å². The van der Waals surface area contributed by atoms with E-state index in [1.165, 1.54) is 30.4 Å². The molecular formula is C36H53N3O. The first kappa shape index (κ1) is 32.0. The maximum Gasteiger partial charge on any atom is 0.235 e. The fourth-order valence-electron chi connectivity index (χ4n) is 7.00. The van der Waals surface area contributed by atoms with Crippen molar-refractivity contribution in [2.75, 3.05) is 0 Å². The SMILES string of the molecule is CCCC(CC)C(C)(C)c1cccc(C(C)(C)N=C=NC2(C)CCC2(C)C2C=C(C(C)(C)N=C=O)C=CC2C)c1. The quantitative estimate of drug-likeness (QED) is 0.202. The lowest BCUT2D eigenvalue weighted by molar-refractivity contribution is -0.0221. The van der Waals surface area contributed by atoms with Crippen molar-refractivity contribution in [2.24, 2.45) is 38.1 Å². The van der Waals surface area contributed by atoms with Crippen LogP contribution in [0.5, 0.6) is 0 Å². The summed E-state index contributed by atoms with van der Waals surface area (Å²) in [6.07, 6.45) is 14.2. The number of carbonyl (C=O) groups excluding carboxylic acids is 1. The highest BCUT2D eigenvalue weighted by molar-refractivity contribution is 5.47. The zero-order valence-electron chi connectivity index (χ0n) is 27.1. The number of allylic oxidation sites excluding steroid dienone is 2. The monoisotopic (exact) mass is 543 g/mol. The van der Waals surface area contributed by atoms with E-state index in [9.17, 15) is 4.79 Å². The fourth-order valence-corrected chi connectivity index (χ4v) is 7.00. The molecule has 5 unspecified atom stereocenters. The Morgan fingerprint density at radius 1 is 1.00 bits per heavy atom. The summed E-state index contributed by atoms with van der Waals surface area (Å²) < 4.78 is 0. The number of aliphatic imine (C=N–C) groups is 3. The van der Waals surface area contributed by atoms with Crippen molar-refractivity contribution < 1.29 is 4.79 Å². The Bertz CT molecular complexity index is 1240. The summed E-state index contributed by atoms with van der Waals surface area (Å²) in [6.45, 7) is 24.5. The molecule has 4 heteroatoms. The van der Waals surface area contributed by atoms with Crippen molar-refractivity contribution in [1.82, 2.24) is 0 Å². The molecule has 4 nitrogen and oxygen atoms in total. The van der Waals surface area contributed by atoms with E-state index in [1.54, 1.807) is 6.08 Å². The van der Waals surface area contributed by atoms with Crippen molar-refractivity contribution >= 4 is 12.1 Å². The molecule has 0 aliphatic heterocycles. The van der Waals surface area contributed by atoms with E-state index in [-0.39, 0.29) is 16.4 Å². The molecule has 218 valence electrons. The molecule has 0 aromatic heterocycles. The molecule has 0 amide bonds. The molecule has 2 aliphatic rings. The Kier molecular flexibility index (Phi) is 9.40.